The summed E-state index contributed by atoms with van der Waals surface area (Å²) < 4.78 is 11.6. The Labute approximate surface area is 154 Å². The van der Waals surface area contributed by atoms with Crippen molar-refractivity contribution in [3.05, 3.63) is 58.6 Å². The normalized spacial score (nSPS) is 11.4. The first kappa shape index (κ1) is 19.6. The van der Waals surface area contributed by atoms with Crippen LogP contribution in [0.5, 0.6) is 11.5 Å². The van der Waals surface area contributed by atoms with Gasteiger partial charge in [-0.3, -0.25) is 0 Å². The van der Waals surface area contributed by atoms with E-state index in [-0.39, 0.29) is 12.1 Å². The van der Waals surface area contributed by atoms with Gasteiger partial charge in [-0.05, 0) is 56.2 Å². The van der Waals surface area contributed by atoms with Gasteiger partial charge in [0, 0.05) is 17.1 Å². The molecule has 136 valence electrons. The molecular weight excluding hydrogens is 338 g/mol. The predicted octanol–water partition coefficient (Wildman–Crippen LogP) is 4.18. The summed E-state index contributed by atoms with van der Waals surface area (Å²) in [4.78, 5) is 0. The van der Waals surface area contributed by atoms with Gasteiger partial charge in [0.1, 0.15) is 6.61 Å². The lowest BCUT2D eigenvalue weighted by atomic mass is 10.1. The van der Waals surface area contributed by atoms with Gasteiger partial charge in [-0.25, -0.2) is 0 Å². The molecule has 0 aliphatic carbocycles. The van der Waals surface area contributed by atoms with Crippen LogP contribution in [0.4, 0.5) is 0 Å². The summed E-state index contributed by atoms with van der Waals surface area (Å²) in [6.07, 6.45) is 0. The number of hydrogen-bond acceptors (Lipinski definition) is 4. The van der Waals surface area contributed by atoms with E-state index in [2.05, 4.69) is 5.32 Å². The van der Waals surface area contributed by atoms with Crippen LogP contribution in [0.1, 0.15) is 31.9 Å². The molecule has 0 atom stereocenters. The second-order valence-corrected chi connectivity index (χ2v) is 6.96. The molecule has 4 nitrogen and oxygen atoms in total. The van der Waals surface area contributed by atoms with E-state index in [9.17, 15) is 5.11 Å². The summed E-state index contributed by atoms with van der Waals surface area (Å²) in [5, 5.41) is 13.3. The maximum Gasteiger partial charge on any atom is 0.161 e. The lowest BCUT2D eigenvalue weighted by molar-refractivity contribution is 0.187. The quantitative estimate of drug-likeness (QED) is 0.701. The number of hydrogen-bond donors (Lipinski definition) is 2. The smallest absolute Gasteiger partial charge is 0.161 e. The number of benzene rings is 2. The lowest BCUT2D eigenvalue weighted by Crippen LogP contribution is -2.42. The van der Waals surface area contributed by atoms with Crippen LogP contribution in [0.3, 0.4) is 0 Å². The number of halogens is 1. The third-order valence-electron chi connectivity index (χ3n) is 3.76. The zero-order valence-electron chi connectivity index (χ0n) is 15.0. The average Bonchev–Trinajstić information content (AvgIpc) is 2.59. The first-order valence-corrected chi connectivity index (χ1v) is 8.80. The largest absolute Gasteiger partial charge is 0.490 e. The van der Waals surface area contributed by atoms with Crippen molar-refractivity contribution in [2.24, 2.45) is 0 Å². The molecule has 0 heterocycles. The van der Waals surface area contributed by atoms with Crippen molar-refractivity contribution in [2.75, 3.05) is 13.2 Å². The molecule has 0 aliphatic rings. The fourth-order valence-corrected chi connectivity index (χ4v) is 2.45. The highest BCUT2D eigenvalue weighted by atomic mass is 35.5. The zero-order chi connectivity index (χ0) is 18.3. The molecule has 0 amide bonds. The van der Waals surface area contributed by atoms with Crippen LogP contribution in [0, 0.1) is 0 Å². The van der Waals surface area contributed by atoms with Crippen LogP contribution in [0.2, 0.25) is 5.02 Å². The fourth-order valence-electron chi connectivity index (χ4n) is 2.24. The van der Waals surface area contributed by atoms with Crippen molar-refractivity contribution in [2.45, 2.75) is 39.5 Å². The van der Waals surface area contributed by atoms with E-state index in [1.54, 1.807) is 0 Å². The maximum atomic E-state index is 9.34. The minimum absolute atomic E-state index is 0.0755. The number of aliphatic hydroxyl groups excluding tert-OH is 1. The summed E-state index contributed by atoms with van der Waals surface area (Å²) in [6.45, 7) is 7.56. The van der Waals surface area contributed by atoms with Gasteiger partial charge in [-0.15, -0.1) is 0 Å². The Morgan fingerprint density at radius 3 is 2.52 bits per heavy atom. The van der Waals surface area contributed by atoms with Crippen molar-refractivity contribution in [1.29, 1.82) is 0 Å². The molecular formula is C20H26ClNO3. The molecule has 25 heavy (non-hydrogen) atoms. The van der Waals surface area contributed by atoms with E-state index in [1.807, 2.05) is 63.2 Å². The second kappa shape index (κ2) is 9.09. The summed E-state index contributed by atoms with van der Waals surface area (Å²) in [5.74, 6) is 1.41. The third-order valence-corrected chi connectivity index (χ3v) is 3.99. The Bertz CT molecular complexity index is 688. The molecule has 0 radical (unpaired) electrons. The minimum atomic E-state index is -0.326. The van der Waals surface area contributed by atoms with Crippen molar-refractivity contribution in [3.63, 3.8) is 0 Å². The zero-order valence-corrected chi connectivity index (χ0v) is 15.8. The number of aliphatic hydroxyl groups is 1. The Kier molecular flexibility index (Phi) is 7.12. The summed E-state index contributed by atoms with van der Waals surface area (Å²) in [6, 6.07) is 13.5. The van der Waals surface area contributed by atoms with Gasteiger partial charge in [-0.2, -0.15) is 0 Å². The van der Waals surface area contributed by atoms with Gasteiger partial charge in [-0.1, -0.05) is 29.8 Å². The molecule has 2 aromatic rings. The Morgan fingerprint density at radius 1 is 1.04 bits per heavy atom. The molecule has 2 N–H and O–H groups in total. The maximum absolute atomic E-state index is 9.34. The standard InChI is InChI=1S/C20H26ClNO3/c1-4-24-19-11-15(12-22-20(2,3)14-23)8-9-18(19)25-13-16-6-5-7-17(21)10-16/h5-11,22-23H,4,12-14H2,1-3H3. The van der Waals surface area contributed by atoms with E-state index >= 15 is 0 Å². The number of rotatable bonds is 9. The van der Waals surface area contributed by atoms with Crippen molar-refractivity contribution >= 4 is 11.6 Å². The van der Waals surface area contributed by atoms with E-state index in [4.69, 9.17) is 21.1 Å². The van der Waals surface area contributed by atoms with Crippen molar-refractivity contribution < 1.29 is 14.6 Å². The highest BCUT2D eigenvalue weighted by Crippen LogP contribution is 2.29. The average molecular weight is 364 g/mol. The van der Waals surface area contributed by atoms with Gasteiger partial charge in [0.25, 0.3) is 0 Å². The van der Waals surface area contributed by atoms with Crippen LogP contribution in [0.25, 0.3) is 0 Å². The van der Waals surface area contributed by atoms with Gasteiger partial charge in [0.2, 0.25) is 0 Å². The minimum Gasteiger partial charge on any atom is -0.490 e. The van der Waals surface area contributed by atoms with E-state index in [0.717, 1.165) is 11.1 Å². The molecule has 2 rings (SSSR count). The Morgan fingerprint density at radius 2 is 1.84 bits per heavy atom. The van der Waals surface area contributed by atoms with Gasteiger partial charge < -0.3 is 19.9 Å². The fraction of sp³-hybridized carbons (Fsp3) is 0.400. The van der Waals surface area contributed by atoms with Crippen LogP contribution in [0.15, 0.2) is 42.5 Å². The van der Waals surface area contributed by atoms with Crippen LogP contribution in [-0.4, -0.2) is 23.9 Å². The Balaban J connectivity index is 2.07. The lowest BCUT2D eigenvalue weighted by Gasteiger charge is -2.24. The summed E-state index contributed by atoms with van der Waals surface area (Å²) in [7, 11) is 0. The van der Waals surface area contributed by atoms with E-state index < -0.39 is 0 Å². The second-order valence-electron chi connectivity index (χ2n) is 6.53. The highest BCUT2D eigenvalue weighted by molar-refractivity contribution is 6.30. The van der Waals surface area contributed by atoms with E-state index in [1.165, 1.54) is 0 Å². The molecule has 0 spiro atoms. The molecule has 0 aromatic heterocycles. The van der Waals surface area contributed by atoms with Crippen molar-refractivity contribution in [3.8, 4) is 11.5 Å². The van der Waals surface area contributed by atoms with Gasteiger partial charge in [0.05, 0.1) is 13.2 Å². The summed E-state index contributed by atoms with van der Waals surface area (Å²) >= 11 is 6.01. The monoisotopic (exact) mass is 363 g/mol. The van der Waals surface area contributed by atoms with Gasteiger partial charge in [0.15, 0.2) is 11.5 Å². The highest BCUT2D eigenvalue weighted by Gasteiger charge is 2.15. The molecule has 0 saturated heterocycles. The van der Waals surface area contributed by atoms with Gasteiger partial charge >= 0.3 is 0 Å². The molecule has 0 saturated carbocycles. The first-order chi connectivity index (χ1) is 11.9. The number of nitrogens with one attached hydrogen (secondary N) is 1. The molecule has 5 heteroatoms. The van der Waals surface area contributed by atoms with Crippen LogP contribution in [-0.2, 0) is 13.2 Å². The van der Waals surface area contributed by atoms with Crippen LogP contribution < -0.4 is 14.8 Å². The number of ether oxygens (including phenoxy) is 2. The topological polar surface area (TPSA) is 50.7 Å². The third kappa shape index (κ3) is 6.24. The molecule has 0 fully saturated rings. The first-order valence-electron chi connectivity index (χ1n) is 8.42. The van der Waals surface area contributed by atoms with Crippen molar-refractivity contribution in [1.82, 2.24) is 5.32 Å². The molecule has 0 unspecified atom stereocenters. The predicted molar refractivity (Wildman–Crippen MR) is 101 cm³/mol. The molecule has 0 aliphatic heterocycles. The Hall–Kier alpha value is -1.75. The van der Waals surface area contributed by atoms with Crippen LogP contribution >= 0.6 is 11.6 Å². The molecule has 0 bridgehead atoms. The van der Waals surface area contributed by atoms with E-state index in [0.29, 0.717) is 36.3 Å². The SMILES string of the molecule is CCOc1cc(CNC(C)(C)CO)ccc1OCc1cccc(Cl)c1. The molecule has 2 aromatic carbocycles. The summed E-state index contributed by atoms with van der Waals surface area (Å²) in [5.41, 5.74) is 1.75.